The van der Waals surface area contributed by atoms with Crippen LogP contribution in [-0.2, 0) is 9.53 Å². The van der Waals surface area contributed by atoms with Gasteiger partial charge in [-0.25, -0.2) is 4.79 Å². The van der Waals surface area contributed by atoms with Crippen molar-refractivity contribution in [3.05, 3.63) is 67.4 Å². The minimum Gasteiger partial charge on any atom is -0.507 e. The Bertz CT molecular complexity index is 1020. The number of esters is 1. The summed E-state index contributed by atoms with van der Waals surface area (Å²) in [6, 6.07) is 5.17. The number of carbonyl (C=O) groups excluding carboxylic acids is 2. The number of carbonyl (C=O) groups is 2. The van der Waals surface area contributed by atoms with Gasteiger partial charge in [-0.1, -0.05) is 19.1 Å². The quantitative estimate of drug-likeness (QED) is 0.260. The second-order valence-electron chi connectivity index (χ2n) is 7.03. The van der Waals surface area contributed by atoms with Gasteiger partial charge in [-0.05, 0) is 50.5 Å². The summed E-state index contributed by atoms with van der Waals surface area (Å²) in [7, 11) is 1.33. The zero-order chi connectivity index (χ0) is 22.3. The van der Waals surface area contributed by atoms with Gasteiger partial charge in [-0.15, -0.1) is 11.3 Å². The largest absolute Gasteiger partial charge is 0.507 e. The maximum atomic E-state index is 12.7. The Labute approximate surface area is 179 Å². The summed E-state index contributed by atoms with van der Waals surface area (Å²) in [6.07, 6.45) is 6.77. The number of thiophene rings is 1. The van der Waals surface area contributed by atoms with Crippen LogP contribution in [-0.4, -0.2) is 24.0 Å². The van der Waals surface area contributed by atoms with Gasteiger partial charge < -0.3 is 14.3 Å². The van der Waals surface area contributed by atoms with E-state index in [-0.39, 0.29) is 29.6 Å². The Hall–Kier alpha value is -2.93. The molecule has 0 aliphatic carbocycles. The summed E-state index contributed by atoms with van der Waals surface area (Å²) in [6.45, 7) is 5.43. The molecule has 2 aromatic heterocycles. The predicted octanol–water partition coefficient (Wildman–Crippen LogP) is 5.00. The van der Waals surface area contributed by atoms with Crippen LogP contribution in [0.25, 0.3) is 6.08 Å². The molecule has 1 unspecified atom stereocenters. The number of ether oxygens (including phenoxy) is 1. The lowest BCUT2D eigenvalue weighted by molar-refractivity contribution is -0.139. The van der Waals surface area contributed by atoms with Gasteiger partial charge in [0, 0.05) is 21.7 Å². The molecule has 0 fully saturated rings. The van der Waals surface area contributed by atoms with E-state index in [1.165, 1.54) is 24.5 Å². The molecule has 0 aliphatic heterocycles. The highest BCUT2D eigenvalue weighted by Crippen LogP contribution is 2.27. The van der Waals surface area contributed by atoms with Crippen LogP contribution in [0.5, 0.6) is 5.75 Å². The molecule has 0 saturated carbocycles. The van der Waals surface area contributed by atoms with E-state index in [1.54, 1.807) is 19.1 Å². The second kappa shape index (κ2) is 10.7. The number of Topliss-reactive ketones (excluding diaryl/α,β-unsaturated/α-hetero) is 1. The Morgan fingerprint density at radius 3 is 2.63 bits per heavy atom. The van der Waals surface area contributed by atoms with E-state index >= 15 is 0 Å². The molecule has 0 amide bonds. The van der Waals surface area contributed by atoms with Crippen LogP contribution < -0.4 is 5.63 Å². The molecule has 0 aromatic carbocycles. The summed E-state index contributed by atoms with van der Waals surface area (Å²) in [4.78, 5) is 38.2. The van der Waals surface area contributed by atoms with Crippen molar-refractivity contribution in [1.29, 1.82) is 0 Å². The van der Waals surface area contributed by atoms with Crippen LogP contribution in [0.3, 0.4) is 0 Å². The predicted molar refractivity (Wildman–Crippen MR) is 117 cm³/mol. The molecule has 0 radical (unpaired) electrons. The standard InChI is InChI=1S/C23H26O6S/c1-14(8-6-5-7-9-20(25)28-4)19-13-18(24)21(23(27)29-19)22(26)15(2)12-17-11-10-16(3)30-17/h5,7,10-14,24H,6,8-9H2,1-4H3. The summed E-state index contributed by atoms with van der Waals surface area (Å²) < 4.78 is 9.89. The van der Waals surface area contributed by atoms with Gasteiger partial charge in [0.2, 0.25) is 0 Å². The Morgan fingerprint density at radius 2 is 2.03 bits per heavy atom. The van der Waals surface area contributed by atoms with E-state index in [0.717, 1.165) is 9.75 Å². The van der Waals surface area contributed by atoms with E-state index in [4.69, 9.17) is 4.42 Å². The number of allylic oxidation sites excluding steroid dienone is 2. The molecule has 0 spiro atoms. The third-order valence-electron chi connectivity index (χ3n) is 4.59. The van der Waals surface area contributed by atoms with Crippen molar-refractivity contribution in [1.82, 2.24) is 0 Å². The molecule has 2 aromatic rings. The topological polar surface area (TPSA) is 93.8 Å². The number of hydrogen-bond donors (Lipinski definition) is 1. The van der Waals surface area contributed by atoms with E-state index < -0.39 is 11.4 Å². The normalized spacial score (nSPS) is 12.9. The second-order valence-corrected chi connectivity index (χ2v) is 8.35. The molecule has 1 N–H and O–H groups in total. The summed E-state index contributed by atoms with van der Waals surface area (Å²) in [5, 5.41) is 10.3. The van der Waals surface area contributed by atoms with Crippen molar-refractivity contribution < 1.29 is 23.8 Å². The summed E-state index contributed by atoms with van der Waals surface area (Å²) in [5.41, 5.74) is -0.861. The highest BCUT2D eigenvalue weighted by atomic mass is 32.1. The minimum atomic E-state index is -0.849. The molecule has 30 heavy (non-hydrogen) atoms. The van der Waals surface area contributed by atoms with Crippen LogP contribution in [0, 0.1) is 6.92 Å². The highest BCUT2D eigenvalue weighted by Gasteiger charge is 2.22. The molecule has 0 bridgehead atoms. The molecule has 160 valence electrons. The van der Waals surface area contributed by atoms with Gasteiger partial charge >= 0.3 is 11.6 Å². The zero-order valence-corrected chi connectivity index (χ0v) is 18.4. The van der Waals surface area contributed by atoms with Gasteiger partial charge in [0.05, 0.1) is 13.5 Å². The van der Waals surface area contributed by atoms with Gasteiger partial charge in [-0.2, -0.15) is 0 Å². The molecular weight excluding hydrogens is 404 g/mol. The SMILES string of the molecule is COC(=O)CC=CCCC(C)c1cc(O)c(C(=O)C(C)=Cc2ccc(C)s2)c(=O)o1. The highest BCUT2D eigenvalue weighted by molar-refractivity contribution is 7.12. The molecule has 2 heterocycles. The van der Waals surface area contributed by atoms with Crippen LogP contribution in [0.4, 0.5) is 0 Å². The molecule has 6 nitrogen and oxygen atoms in total. The lowest BCUT2D eigenvalue weighted by atomic mass is 9.99. The van der Waals surface area contributed by atoms with Gasteiger partial charge in [0.1, 0.15) is 17.1 Å². The lowest BCUT2D eigenvalue weighted by Gasteiger charge is -2.11. The Morgan fingerprint density at radius 1 is 1.30 bits per heavy atom. The van der Waals surface area contributed by atoms with Gasteiger partial charge in [-0.3, -0.25) is 9.59 Å². The summed E-state index contributed by atoms with van der Waals surface area (Å²) in [5.74, 6) is -1.09. The molecule has 2 rings (SSSR count). The van der Waals surface area contributed by atoms with Crippen molar-refractivity contribution in [2.24, 2.45) is 0 Å². The zero-order valence-electron chi connectivity index (χ0n) is 17.6. The van der Waals surface area contributed by atoms with Crippen LogP contribution in [0.1, 0.15) is 64.9 Å². The van der Waals surface area contributed by atoms with Crippen molar-refractivity contribution >= 4 is 29.2 Å². The maximum Gasteiger partial charge on any atom is 0.351 e. The smallest absolute Gasteiger partial charge is 0.351 e. The Kier molecular flexibility index (Phi) is 8.35. The van der Waals surface area contributed by atoms with Crippen LogP contribution in [0.15, 0.2) is 45.1 Å². The van der Waals surface area contributed by atoms with E-state index in [1.807, 2.05) is 32.1 Å². The summed E-state index contributed by atoms with van der Waals surface area (Å²) >= 11 is 1.53. The van der Waals surface area contributed by atoms with Crippen molar-refractivity contribution in [3.8, 4) is 5.75 Å². The first-order valence-corrected chi connectivity index (χ1v) is 10.4. The average molecular weight is 431 g/mol. The maximum absolute atomic E-state index is 12.7. The average Bonchev–Trinajstić information content (AvgIpc) is 3.11. The molecule has 0 aliphatic rings. The minimum absolute atomic E-state index is 0.152. The number of hydrogen-bond acceptors (Lipinski definition) is 7. The number of aryl methyl sites for hydroxylation is 1. The number of methoxy groups -OCH3 is 1. The van der Waals surface area contributed by atoms with Crippen LogP contribution >= 0.6 is 11.3 Å². The van der Waals surface area contributed by atoms with Crippen molar-refractivity contribution in [2.45, 2.75) is 46.0 Å². The first kappa shape index (κ1) is 23.3. The lowest BCUT2D eigenvalue weighted by Crippen LogP contribution is -2.16. The number of aromatic hydroxyl groups is 1. The molecule has 1 atom stereocenters. The molecule has 7 heteroatoms. The van der Waals surface area contributed by atoms with Crippen molar-refractivity contribution in [3.63, 3.8) is 0 Å². The van der Waals surface area contributed by atoms with E-state index in [2.05, 4.69) is 4.74 Å². The van der Waals surface area contributed by atoms with Crippen LogP contribution in [0.2, 0.25) is 0 Å². The third kappa shape index (κ3) is 6.29. The molecule has 0 saturated heterocycles. The molecular formula is C23H26O6S. The number of ketones is 1. The fourth-order valence-corrected chi connectivity index (χ4v) is 3.71. The van der Waals surface area contributed by atoms with Gasteiger partial charge in [0.15, 0.2) is 5.78 Å². The first-order valence-electron chi connectivity index (χ1n) is 9.61. The Balaban J connectivity index is 2.10. The monoisotopic (exact) mass is 430 g/mol. The van der Waals surface area contributed by atoms with E-state index in [0.29, 0.717) is 24.2 Å². The van der Waals surface area contributed by atoms with Crippen molar-refractivity contribution in [2.75, 3.05) is 7.11 Å². The first-order chi connectivity index (χ1) is 14.2. The fourth-order valence-electron chi connectivity index (χ4n) is 2.83. The van der Waals surface area contributed by atoms with Gasteiger partial charge in [0.25, 0.3) is 0 Å². The third-order valence-corrected chi connectivity index (χ3v) is 5.53. The number of rotatable bonds is 9. The van der Waals surface area contributed by atoms with E-state index in [9.17, 15) is 19.5 Å². The fraction of sp³-hybridized carbons (Fsp3) is 0.348.